The van der Waals surface area contributed by atoms with Crippen LogP contribution in [-0.2, 0) is 9.84 Å². The lowest BCUT2D eigenvalue weighted by atomic mass is 10.2. The molecule has 3 rings (SSSR count). The van der Waals surface area contributed by atoms with E-state index in [1.807, 2.05) is 0 Å². The van der Waals surface area contributed by atoms with Crippen molar-refractivity contribution in [3.05, 3.63) is 54.1 Å². The van der Waals surface area contributed by atoms with Gasteiger partial charge in [0.25, 0.3) is 11.8 Å². The smallest absolute Gasteiger partial charge is 0.274 e. The van der Waals surface area contributed by atoms with Gasteiger partial charge < -0.3 is 9.80 Å². The molecule has 0 aliphatic carbocycles. The van der Waals surface area contributed by atoms with E-state index in [0.29, 0.717) is 31.7 Å². The molecule has 1 aromatic carbocycles. The zero-order chi connectivity index (χ0) is 18.7. The lowest BCUT2D eigenvalue weighted by Gasteiger charge is -2.34. The van der Waals surface area contributed by atoms with Gasteiger partial charge in [-0.05, 0) is 24.3 Å². The summed E-state index contributed by atoms with van der Waals surface area (Å²) in [5.41, 5.74) is 0.703. The molecule has 0 spiro atoms. The highest BCUT2D eigenvalue weighted by Crippen LogP contribution is 2.14. The van der Waals surface area contributed by atoms with E-state index < -0.39 is 9.84 Å². The molecule has 0 bridgehead atoms. The Kier molecular flexibility index (Phi) is 4.99. The Balaban J connectivity index is 1.63. The summed E-state index contributed by atoms with van der Waals surface area (Å²) in [4.78, 5) is 36.3. The number of aromatic nitrogens is 2. The van der Waals surface area contributed by atoms with Crippen molar-refractivity contribution in [1.82, 2.24) is 19.8 Å². The first-order chi connectivity index (χ1) is 12.4. The van der Waals surface area contributed by atoms with Crippen LogP contribution in [0.5, 0.6) is 0 Å². The van der Waals surface area contributed by atoms with Gasteiger partial charge in [-0.1, -0.05) is 0 Å². The van der Waals surface area contributed by atoms with Crippen LogP contribution in [0.1, 0.15) is 20.8 Å². The average molecular weight is 374 g/mol. The van der Waals surface area contributed by atoms with E-state index in [9.17, 15) is 18.0 Å². The molecular weight excluding hydrogens is 356 g/mol. The molecule has 2 aromatic rings. The molecule has 2 amide bonds. The van der Waals surface area contributed by atoms with Gasteiger partial charge in [-0.15, -0.1) is 0 Å². The second-order valence-electron chi connectivity index (χ2n) is 5.97. The number of carbonyl (C=O) groups is 2. The topological polar surface area (TPSA) is 101 Å². The highest BCUT2D eigenvalue weighted by atomic mass is 32.2. The zero-order valence-corrected chi connectivity index (χ0v) is 15.0. The first-order valence-electron chi connectivity index (χ1n) is 8.01. The number of hydrogen-bond acceptors (Lipinski definition) is 6. The van der Waals surface area contributed by atoms with Crippen molar-refractivity contribution in [3.8, 4) is 0 Å². The normalized spacial score (nSPS) is 15.0. The predicted octanol–water partition coefficient (Wildman–Crippen LogP) is 0.478. The highest BCUT2D eigenvalue weighted by Gasteiger charge is 2.26. The Morgan fingerprint density at radius 3 is 2.00 bits per heavy atom. The number of amides is 2. The maximum atomic E-state index is 12.6. The number of sulfone groups is 1. The molecule has 26 heavy (non-hydrogen) atoms. The van der Waals surface area contributed by atoms with Gasteiger partial charge in [0.2, 0.25) is 0 Å². The Bertz CT molecular complexity index is 906. The Morgan fingerprint density at radius 1 is 0.923 bits per heavy atom. The third kappa shape index (κ3) is 3.88. The fourth-order valence-electron chi connectivity index (χ4n) is 2.71. The van der Waals surface area contributed by atoms with Crippen LogP contribution in [0, 0.1) is 0 Å². The molecular formula is C17H18N4O4S. The van der Waals surface area contributed by atoms with Crippen molar-refractivity contribution in [2.75, 3.05) is 32.4 Å². The third-order valence-electron chi connectivity index (χ3n) is 4.17. The van der Waals surface area contributed by atoms with Crippen LogP contribution in [0.3, 0.4) is 0 Å². The van der Waals surface area contributed by atoms with E-state index in [1.54, 1.807) is 9.80 Å². The zero-order valence-electron chi connectivity index (χ0n) is 14.2. The van der Waals surface area contributed by atoms with Crippen LogP contribution < -0.4 is 0 Å². The summed E-state index contributed by atoms with van der Waals surface area (Å²) in [5, 5.41) is 0. The minimum Gasteiger partial charge on any atom is -0.335 e. The molecule has 1 fully saturated rings. The van der Waals surface area contributed by atoms with E-state index in [1.165, 1.54) is 42.9 Å². The van der Waals surface area contributed by atoms with Crippen LogP contribution in [-0.4, -0.2) is 72.4 Å². The van der Waals surface area contributed by atoms with E-state index >= 15 is 0 Å². The van der Waals surface area contributed by atoms with Gasteiger partial charge in [0.15, 0.2) is 9.84 Å². The lowest BCUT2D eigenvalue weighted by Crippen LogP contribution is -2.50. The quantitative estimate of drug-likeness (QED) is 0.775. The summed E-state index contributed by atoms with van der Waals surface area (Å²) in [6.45, 7) is 1.61. The molecule has 0 atom stereocenters. The molecule has 136 valence electrons. The van der Waals surface area contributed by atoms with E-state index in [0.717, 1.165) is 6.26 Å². The average Bonchev–Trinajstić information content (AvgIpc) is 2.67. The summed E-state index contributed by atoms with van der Waals surface area (Å²) in [5.74, 6) is -0.389. The van der Waals surface area contributed by atoms with Crippen LogP contribution in [0.2, 0.25) is 0 Å². The first-order valence-corrected chi connectivity index (χ1v) is 9.90. The van der Waals surface area contributed by atoms with Gasteiger partial charge in [0, 0.05) is 50.4 Å². The molecule has 8 nitrogen and oxygen atoms in total. The number of benzene rings is 1. The first kappa shape index (κ1) is 18.0. The number of piperazine rings is 1. The van der Waals surface area contributed by atoms with Crippen molar-refractivity contribution >= 4 is 21.7 Å². The molecule has 2 heterocycles. The van der Waals surface area contributed by atoms with Crippen molar-refractivity contribution in [1.29, 1.82) is 0 Å². The molecule has 9 heteroatoms. The van der Waals surface area contributed by atoms with Crippen LogP contribution in [0.25, 0.3) is 0 Å². The monoisotopic (exact) mass is 374 g/mol. The summed E-state index contributed by atoms with van der Waals surface area (Å²) in [7, 11) is -3.29. The van der Waals surface area contributed by atoms with Crippen molar-refractivity contribution in [2.45, 2.75) is 4.90 Å². The fourth-order valence-corrected chi connectivity index (χ4v) is 3.34. The van der Waals surface area contributed by atoms with Crippen molar-refractivity contribution in [2.24, 2.45) is 0 Å². The minimum atomic E-state index is -3.29. The van der Waals surface area contributed by atoms with Crippen LogP contribution in [0.15, 0.2) is 47.8 Å². The van der Waals surface area contributed by atoms with Crippen LogP contribution >= 0.6 is 0 Å². The number of hydrogen-bond donors (Lipinski definition) is 0. The molecule has 0 saturated carbocycles. The summed E-state index contributed by atoms with van der Waals surface area (Å²) in [6, 6.07) is 5.87. The summed E-state index contributed by atoms with van der Waals surface area (Å²) in [6.07, 6.45) is 5.51. The van der Waals surface area contributed by atoms with Gasteiger partial charge in [-0.2, -0.15) is 0 Å². The Labute approximate surface area is 151 Å². The van der Waals surface area contributed by atoms with E-state index in [2.05, 4.69) is 9.97 Å². The third-order valence-corrected chi connectivity index (χ3v) is 5.29. The largest absolute Gasteiger partial charge is 0.335 e. The van der Waals surface area contributed by atoms with Crippen LogP contribution in [0.4, 0.5) is 0 Å². The number of nitrogens with zero attached hydrogens (tertiary/aromatic N) is 4. The number of rotatable bonds is 3. The van der Waals surface area contributed by atoms with Gasteiger partial charge in [0.1, 0.15) is 5.69 Å². The van der Waals surface area contributed by atoms with E-state index in [-0.39, 0.29) is 22.4 Å². The molecule has 0 radical (unpaired) electrons. The Hall–Kier alpha value is -2.81. The molecule has 1 aromatic heterocycles. The van der Waals surface area contributed by atoms with Crippen molar-refractivity contribution in [3.63, 3.8) is 0 Å². The maximum Gasteiger partial charge on any atom is 0.274 e. The lowest BCUT2D eigenvalue weighted by molar-refractivity contribution is 0.0532. The van der Waals surface area contributed by atoms with Gasteiger partial charge >= 0.3 is 0 Å². The molecule has 1 aliphatic heterocycles. The van der Waals surface area contributed by atoms with Crippen molar-refractivity contribution < 1.29 is 18.0 Å². The Morgan fingerprint density at radius 2 is 1.50 bits per heavy atom. The summed E-state index contributed by atoms with van der Waals surface area (Å²) >= 11 is 0. The van der Waals surface area contributed by atoms with Gasteiger partial charge in [0.05, 0.1) is 11.1 Å². The fraction of sp³-hybridized carbons (Fsp3) is 0.294. The highest BCUT2D eigenvalue weighted by molar-refractivity contribution is 7.90. The number of carbonyl (C=O) groups excluding carboxylic acids is 2. The summed E-state index contributed by atoms with van der Waals surface area (Å²) < 4.78 is 23.0. The molecule has 0 N–H and O–H groups in total. The van der Waals surface area contributed by atoms with Gasteiger partial charge in [-0.3, -0.25) is 14.6 Å². The standard InChI is InChI=1S/C17H18N4O4S/c1-26(24,25)14-4-2-13(3-5-14)16(22)20-8-10-21(11-9-20)17(23)15-12-18-6-7-19-15/h2-7,12H,8-11H2,1H3. The van der Waals surface area contributed by atoms with Gasteiger partial charge in [-0.25, -0.2) is 13.4 Å². The minimum absolute atomic E-state index is 0.174. The SMILES string of the molecule is CS(=O)(=O)c1ccc(C(=O)N2CCN(C(=O)c3cnccn3)CC2)cc1. The predicted molar refractivity (Wildman–Crippen MR) is 93.4 cm³/mol. The van der Waals surface area contributed by atoms with E-state index in [4.69, 9.17) is 0 Å². The molecule has 0 unspecified atom stereocenters. The maximum absolute atomic E-state index is 12.6. The molecule has 1 aliphatic rings. The second kappa shape index (κ2) is 7.20. The molecule has 1 saturated heterocycles. The second-order valence-corrected chi connectivity index (χ2v) is 7.99.